The van der Waals surface area contributed by atoms with Crippen molar-refractivity contribution in [3.05, 3.63) is 69.5 Å². The third-order valence-electron chi connectivity index (χ3n) is 4.26. The summed E-state index contributed by atoms with van der Waals surface area (Å²) in [7, 11) is 0. The van der Waals surface area contributed by atoms with Crippen LogP contribution >= 0.6 is 23.2 Å². The summed E-state index contributed by atoms with van der Waals surface area (Å²) in [4.78, 5) is 20.8. The SMILES string of the molecule is Cc1nn(Cc2ccc(Cl)c(Cl)c2)c(C)c1NC(=O)c1nc2ncccn2n1. The van der Waals surface area contributed by atoms with Gasteiger partial charge in [-0.15, -0.1) is 5.10 Å². The molecule has 0 saturated carbocycles. The molecule has 0 saturated heterocycles. The minimum Gasteiger partial charge on any atom is -0.316 e. The number of halogens is 2. The molecule has 3 heterocycles. The number of rotatable bonds is 4. The summed E-state index contributed by atoms with van der Waals surface area (Å²) < 4.78 is 3.24. The Morgan fingerprint density at radius 1 is 1.18 bits per heavy atom. The van der Waals surface area contributed by atoms with Gasteiger partial charge in [-0.25, -0.2) is 9.50 Å². The molecule has 0 aliphatic heterocycles. The Hall–Kier alpha value is -2.97. The van der Waals surface area contributed by atoms with Crippen molar-refractivity contribution in [3.63, 3.8) is 0 Å². The van der Waals surface area contributed by atoms with Crippen molar-refractivity contribution < 1.29 is 4.79 Å². The molecule has 0 atom stereocenters. The molecular weight excluding hydrogens is 401 g/mol. The van der Waals surface area contributed by atoms with E-state index in [0.717, 1.165) is 11.3 Å². The van der Waals surface area contributed by atoms with Crippen molar-refractivity contribution in [2.45, 2.75) is 20.4 Å². The number of nitrogens with one attached hydrogen (secondary N) is 1. The van der Waals surface area contributed by atoms with E-state index >= 15 is 0 Å². The topological polar surface area (TPSA) is 90.0 Å². The van der Waals surface area contributed by atoms with Crippen LogP contribution in [0.1, 0.15) is 27.6 Å². The van der Waals surface area contributed by atoms with Crippen LogP contribution < -0.4 is 5.32 Å². The zero-order valence-electron chi connectivity index (χ0n) is 15.0. The van der Waals surface area contributed by atoms with E-state index in [-0.39, 0.29) is 5.82 Å². The molecule has 0 aliphatic rings. The Morgan fingerprint density at radius 2 is 2.00 bits per heavy atom. The number of benzene rings is 1. The second kappa shape index (κ2) is 7.21. The normalized spacial score (nSPS) is 11.1. The summed E-state index contributed by atoms with van der Waals surface area (Å²) in [5.74, 6) is -0.0306. The zero-order valence-corrected chi connectivity index (χ0v) is 16.5. The van der Waals surface area contributed by atoms with Gasteiger partial charge >= 0.3 is 0 Å². The lowest BCUT2D eigenvalue weighted by molar-refractivity contribution is 0.101. The Kier molecular flexibility index (Phi) is 4.74. The van der Waals surface area contributed by atoms with Crippen LogP contribution in [-0.2, 0) is 6.54 Å². The van der Waals surface area contributed by atoms with E-state index in [1.807, 2.05) is 19.9 Å². The molecule has 0 fully saturated rings. The smallest absolute Gasteiger partial charge is 0.295 e. The van der Waals surface area contributed by atoms with Crippen LogP contribution in [0.4, 0.5) is 5.69 Å². The Bertz CT molecular complexity index is 1170. The van der Waals surface area contributed by atoms with Crippen LogP contribution in [-0.4, -0.2) is 35.3 Å². The molecule has 1 amide bonds. The summed E-state index contributed by atoms with van der Waals surface area (Å²) >= 11 is 12.1. The van der Waals surface area contributed by atoms with Crippen LogP contribution in [0.5, 0.6) is 0 Å². The maximum Gasteiger partial charge on any atom is 0.295 e. The molecule has 142 valence electrons. The van der Waals surface area contributed by atoms with Gasteiger partial charge in [-0.3, -0.25) is 9.48 Å². The van der Waals surface area contributed by atoms with Crippen LogP contribution in [0.2, 0.25) is 10.0 Å². The number of aromatic nitrogens is 6. The van der Waals surface area contributed by atoms with Gasteiger partial charge in [-0.1, -0.05) is 29.3 Å². The molecule has 0 radical (unpaired) electrons. The van der Waals surface area contributed by atoms with Crippen LogP contribution in [0.3, 0.4) is 0 Å². The quantitative estimate of drug-likeness (QED) is 0.550. The molecular formula is C18H15Cl2N7O. The largest absolute Gasteiger partial charge is 0.316 e. The van der Waals surface area contributed by atoms with Crippen LogP contribution in [0, 0.1) is 13.8 Å². The molecule has 10 heteroatoms. The standard InChI is InChI=1S/C18H15Cl2N7O/c1-10-15(22-17(28)16-23-18-21-6-3-7-26(18)25-16)11(2)27(24-10)9-12-4-5-13(19)14(20)8-12/h3-8H,9H2,1-2H3,(H,22,28). The highest BCUT2D eigenvalue weighted by Gasteiger charge is 2.19. The van der Waals surface area contributed by atoms with Crippen molar-refractivity contribution in [2.75, 3.05) is 5.32 Å². The predicted molar refractivity (Wildman–Crippen MR) is 106 cm³/mol. The lowest BCUT2D eigenvalue weighted by atomic mass is 10.2. The van der Waals surface area contributed by atoms with Gasteiger partial charge in [0, 0.05) is 12.4 Å². The van der Waals surface area contributed by atoms with Gasteiger partial charge in [-0.2, -0.15) is 10.1 Å². The summed E-state index contributed by atoms with van der Waals surface area (Å²) in [5.41, 5.74) is 3.06. The maximum atomic E-state index is 12.6. The van der Waals surface area contributed by atoms with Crippen molar-refractivity contribution in [3.8, 4) is 0 Å². The second-order valence-electron chi connectivity index (χ2n) is 6.21. The molecule has 4 rings (SSSR count). The first-order valence-corrected chi connectivity index (χ1v) is 9.14. The van der Waals surface area contributed by atoms with Gasteiger partial charge < -0.3 is 5.32 Å². The minimum atomic E-state index is -0.425. The van der Waals surface area contributed by atoms with Gasteiger partial charge in [0.05, 0.1) is 33.7 Å². The van der Waals surface area contributed by atoms with E-state index in [2.05, 4.69) is 25.5 Å². The van der Waals surface area contributed by atoms with E-state index in [1.54, 1.807) is 35.3 Å². The molecule has 28 heavy (non-hydrogen) atoms. The molecule has 0 bridgehead atoms. The third kappa shape index (κ3) is 3.44. The average molecular weight is 416 g/mol. The molecule has 0 unspecified atom stereocenters. The lowest BCUT2D eigenvalue weighted by Gasteiger charge is -2.07. The first-order chi connectivity index (χ1) is 13.4. The summed E-state index contributed by atoms with van der Waals surface area (Å²) in [6.07, 6.45) is 3.27. The summed E-state index contributed by atoms with van der Waals surface area (Å²) in [6, 6.07) is 7.14. The molecule has 0 spiro atoms. The minimum absolute atomic E-state index is 0.0368. The number of aryl methyl sites for hydroxylation is 1. The Morgan fingerprint density at radius 3 is 2.75 bits per heavy atom. The molecule has 3 aromatic heterocycles. The van der Waals surface area contributed by atoms with Gasteiger partial charge in [0.1, 0.15) is 0 Å². The monoisotopic (exact) mass is 415 g/mol. The van der Waals surface area contributed by atoms with E-state index < -0.39 is 5.91 Å². The van der Waals surface area contributed by atoms with E-state index in [9.17, 15) is 4.79 Å². The molecule has 1 aromatic carbocycles. The molecule has 0 aliphatic carbocycles. The number of carbonyl (C=O) groups is 1. The highest BCUT2D eigenvalue weighted by Crippen LogP contribution is 2.25. The van der Waals surface area contributed by atoms with Crippen molar-refractivity contribution in [1.29, 1.82) is 0 Å². The highest BCUT2D eigenvalue weighted by molar-refractivity contribution is 6.42. The number of hydrogen-bond acceptors (Lipinski definition) is 5. The first kappa shape index (κ1) is 18.4. The first-order valence-electron chi connectivity index (χ1n) is 8.39. The van der Waals surface area contributed by atoms with Crippen molar-refractivity contribution in [2.24, 2.45) is 0 Å². The van der Waals surface area contributed by atoms with E-state index in [4.69, 9.17) is 23.2 Å². The summed E-state index contributed by atoms with van der Waals surface area (Å²) in [5, 5.41) is 12.5. The molecule has 4 aromatic rings. The number of nitrogens with zero attached hydrogens (tertiary/aromatic N) is 6. The highest BCUT2D eigenvalue weighted by atomic mass is 35.5. The fourth-order valence-corrected chi connectivity index (χ4v) is 3.16. The zero-order chi connectivity index (χ0) is 19.8. The van der Waals surface area contributed by atoms with E-state index in [0.29, 0.717) is 33.7 Å². The second-order valence-corrected chi connectivity index (χ2v) is 7.02. The fraction of sp³-hybridized carbons (Fsp3) is 0.167. The van der Waals surface area contributed by atoms with E-state index in [1.165, 1.54) is 4.52 Å². The number of amides is 1. The average Bonchev–Trinajstić information content (AvgIpc) is 3.21. The lowest BCUT2D eigenvalue weighted by Crippen LogP contribution is -2.15. The van der Waals surface area contributed by atoms with Gasteiger partial charge in [0.25, 0.3) is 11.7 Å². The van der Waals surface area contributed by atoms with Gasteiger partial charge in [0.15, 0.2) is 0 Å². The fourth-order valence-electron chi connectivity index (χ4n) is 2.84. The van der Waals surface area contributed by atoms with Crippen molar-refractivity contribution in [1.82, 2.24) is 29.4 Å². The number of fused-ring (bicyclic) bond motifs is 1. The van der Waals surface area contributed by atoms with Gasteiger partial charge in [-0.05, 0) is 37.6 Å². The van der Waals surface area contributed by atoms with Gasteiger partial charge in [0.2, 0.25) is 5.82 Å². The van der Waals surface area contributed by atoms with Crippen LogP contribution in [0.15, 0.2) is 36.7 Å². The molecule has 1 N–H and O–H groups in total. The number of hydrogen-bond donors (Lipinski definition) is 1. The Balaban J connectivity index is 1.58. The number of carbonyl (C=O) groups excluding carboxylic acids is 1. The predicted octanol–water partition coefficient (Wildman–Crippen LogP) is 3.55. The maximum absolute atomic E-state index is 12.6. The molecule has 8 nitrogen and oxygen atoms in total. The number of anilines is 1. The summed E-state index contributed by atoms with van der Waals surface area (Å²) in [6.45, 7) is 4.20. The van der Waals surface area contributed by atoms with Crippen LogP contribution in [0.25, 0.3) is 5.78 Å². The van der Waals surface area contributed by atoms with Crippen molar-refractivity contribution >= 4 is 40.6 Å². The Labute approximate surface area is 170 Å². The third-order valence-corrected chi connectivity index (χ3v) is 5.00.